The van der Waals surface area contributed by atoms with Gasteiger partial charge in [0.25, 0.3) is 5.91 Å². The minimum atomic E-state index is -0.622. The van der Waals surface area contributed by atoms with Crippen molar-refractivity contribution in [3.05, 3.63) is 21.3 Å². The van der Waals surface area contributed by atoms with Crippen molar-refractivity contribution >= 4 is 28.8 Å². The van der Waals surface area contributed by atoms with E-state index in [2.05, 4.69) is 5.32 Å². The fourth-order valence-corrected chi connectivity index (χ4v) is 1.79. The summed E-state index contributed by atoms with van der Waals surface area (Å²) in [7, 11) is 0. The monoisotopic (exact) mass is 235 g/mol. The molecule has 0 aliphatic carbocycles. The highest BCUT2D eigenvalue weighted by Crippen LogP contribution is 2.21. The molecule has 4 nitrogen and oxygen atoms in total. The van der Waals surface area contributed by atoms with E-state index >= 15 is 0 Å². The molecule has 0 atom stereocenters. The number of halogens is 1. The fraction of sp³-hybridized carbons (Fsp3) is 0.375. The van der Waals surface area contributed by atoms with Gasteiger partial charge in [-0.25, -0.2) is 0 Å². The Hall–Kier alpha value is -0.620. The Morgan fingerprint density at radius 1 is 1.50 bits per heavy atom. The molecule has 0 saturated heterocycles. The van der Waals surface area contributed by atoms with Crippen LogP contribution in [0.15, 0.2) is 12.1 Å². The Kier molecular flexibility index (Phi) is 4.34. The number of thiophene rings is 1. The summed E-state index contributed by atoms with van der Waals surface area (Å²) >= 11 is 6.80. The Bertz CT molecular complexity index is 311. The standard InChI is InChI=1S/C8H10ClNO3S/c9-7-2-1-6(14-7)8(13)10-5(3-11)4-12/h1-2,5,11-12H,3-4H2,(H,10,13). The molecular weight excluding hydrogens is 226 g/mol. The smallest absolute Gasteiger partial charge is 0.261 e. The second-order valence-corrected chi connectivity index (χ2v) is 4.35. The molecule has 0 aliphatic rings. The van der Waals surface area contributed by atoms with Gasteiger partial charge in [-0.1, -0.05) is 11.6 Å². The number of amides is 1. The van der Waals surface area contributed by atoms with E-state index in [0.717, 1.165) is 11.3 Å². The highest BCUT2D eigenvalue weighted by molar-refractivity contribution is 7.17. The molecule has 0 aliphatic heterocycles. The fourth-order valence-electron chi connectivity index (χ4n) is 0.842. The van der Waals surface area contributed by atoms with Gasteiger partial charge >= 0.3 is 0 Å². The van der Waals surface area contributed by atoms with Gasteiger partial charge in [-0.05, 0) is 12.1 Å². The minimum Gasteiger partial charge on any atom is -0.394 e. The number of hydrogen-bond acceptors (Lipinski definition) is 4. The molecule has 1 heterocycles. The maximum atomic E-state index is 11.4. The number of aliphatic hydroxyl groups excluding tert-OH is 2. The number of carbonyl (C=O) groups is 1. The molecule has 1 amide bonds. The van der Waals surface area contributed by atoms with Crippen molar-refractivity contribution in [3.63, 3.8) is 0 Å². The normalized spacial score (nSPS) is 10.6. The Balaban J connectivity index is 2.58. The lowest BCUT2D eigenvalue weighted by atomic mass is 10.3. The summed E-state index contributed by atoms with van der Waals surface area (Å²) in [5, 5.41) is 19.9. The van der Waals surface area contributed by atoms with E-state index in [1.165, 1.54) is 0 Å². The van der Waals surface area contributed by atoms with Gasteiger partial charge in [0.15, 0.2) is 0 Å². The molecule has 14 heavy (non-hydrogen) atoms. The lowest BCUT2D eigenvalue weighted by molar-refractivity contribution is 0.0883. The molecule has 0 aromatic carbocycles. The molecule has 1 aromatic heterocycles. The highest BCUT2D eigenvalue weighted by Gasteiger charge is 2.13. The molecular formula is C8H10ClNO3S. The summed E-state index contributed by atoms with van der Waals surface area (Å²) in [6.07, 6.45) is 0. The summed E-state index contributed by atoms with van der Waals surface area (Å²) < 4.78 is 0.527. The molecule has 0 saturated carbocycles. The number of aliphatic hydroxyl groups is 2. The largest absolute Gasteiger partial charge is 0.394 e. The van der Waals surface area contributed by atoms with Crippen LogP contribution < -0.4 is 5.32 Å². The second-order valence-electron chi connectivity index (χ2n) is 2.64. The van der Waals surface area contributed by atoms with Crippen LogP contribution in [0, 0.1) is 0 Å². The zero-order valence-corrected chi connectivity index (χ0v) is 8.81. The van der Waals surface area contributed by atoms with Crippen LogP contribution in [-0.2, 0) is 0 Å². The first-order valence-electron chi connectivity index (χ1n) is 3.95. The lowest BCUT2D eigenvalue weighted by Gasteiger charge is -2.11. The molecule has 0 fully saturated rings. The van der Waals surface area contributed by atoms with Crippen LogP contribution in [0.2, 0.25) is 4.34 Å². The minimum absolute atomic E-state index is 0.290. The van der Waals surface area contributed by atoms with E-state index in [-0.39, 0.29) is 19.1 Å². The molecule has 3 N–H and O–H groups in total. The lowest BCUT2D eigenvalue weighted by Crippen LogP contribution is -2.39. The Labute approximate surface area is 90.1 Å². The molecule has 0 bridgehead atoms. The van der Waals surface area contributed by atoms with Crippen molar-refractivity contribution in [3.8, 4) is 0 Å². The van der Waals surface area contributed by atoms with Gasteiger partial charge in [-0.3, -0.25) is 4.79 Å². The van der Waals surface area contributed by atoms with Crippen LogP contribution in [0.25, 0.3) is 0 Å². The molecule has 78 valence electrons. The van der Waals surface area contributed by atoms with Crippen LogP contribution in [0.1, 0.15) is 9.67 Å². The molecule has 0 unspecified atom stereocenters. The molecule has 1 aromatic rings. The molecule has 6 heteroatoms. The maximum absolute atomic E-state index is 11.4. The van der Waals surface area contributed by atoms with E-state index in [1.807, 2.05) is 0 Å². The number of nitrogens with one attached hydrogen (secondary N) is 1. The average Bonchev–Trinajstić information content (AvgIpc) is 2.61. The topological polar surface area (TPSA) is 69.6 Å². The first kappa shape index (κ1) is 11.5. The highest BCUT2D eigenvalue weighted by atomic mass is 35.5. The van der Waals surface area contributed by atoms with Gasteiger partial charge in [0.1, 0.15) is 0 Å². The SMILES string of the molecule is O=C(NC(CO)CO)c1ccc(Cl)s1. The number of hydrogen-bond donors (Lipinski definition) is 3. The van der Waals surface area contributed by atoms with Crippen LogP contribution in [0.3, 0.4) is 0 Å². The summed E-state index contributed by atoms with van der Waals surface area (Å²) in [4.78, 5) is 11.9. The third-order valence-corrected chi connectivity index (χ3v) is 2.80. The van der Waals surface area contributed by atoms with Gasteiger partial charge in [0.05, 0.1) is 28.5 Å². The summed E-state index contributed by atoms with van der Waals surface area (Å²) in [5.74, 6) is -0.338. The zero-order chi connectivity index (χ0) is 10.6. The quantitative estimate of drug-likeness (QED) is 0.711. The average molecular weight is 236 g/mol. The van der Waals surface area contributed by atoms with Gasteiger partial charge in [0.2, 0.25) is 0 Å². The van der Waals surface area contributed by atoms with Crippen LogP contribution >= 0.6 is 22.9 Å². The van der Waals surface area contributed by atoms with Crippen molar-refractivity contribution in [2.24, 2.45) is 0 Å². The van der Waals surface area contributed by atoms with E-state index in [0.29, 0.717) is 9.21 Å². The first-order chi connectivity index (χ1) is 6.67. The number of carbonyl (C=O) groups excluding carboxylic acids is 1. The maximum Gasteiger partial charge on any atom is 0.261 e. The number of rotatable bonds is 4. The molecule has 0 radical (unpaired) electrons. The van der Waals surface area contributed by atoms with Crippen LogP contribution in [-0.4, -0.2) is 35.4 Å². The Morgan fingerprint density at radius 2 is 2.14 bits per heavy atom. The van der Waals surface area contributed by atoms with Crippen molar-refractivity contribution in [2.75, 3.05) is 13.2 Å². The van der Waals surface area contributed by atoms with Gasteiger partial charge in [0, 0.05) is 0 Å². The third-order valence-electron chi connectivity index (χ3n) is 1.57. The van der Waals surface area contributed by atoms with Crippen molar-refractivity contribution in [1.82, 2.24) is 5.32 Å². The van der Waals surface area contributed by atoms with E-state index in [1.54, 1.807) is 12.1 Å². The summed E-state index contributed by atoms with van der Waals surface area (Å²) in [6.45, 7) is -0.581. The Morgan fingerprint density at radius 3 is 2.57 bits per heavy atom. The summed E-state index contributed by atoms with van der Waals surface area (Å²) in [6, 6.07) is 2.59. The van der Waals surface area contributed by atoms with Crippen LogP contribution in [0.4, 0.5) is 0 Å². The molecule has 0 spiro atoms. The van der Waals surface area contributed by atoms with E-state index < -0.39 is 6.04 Å². The van der Waals surface area contributed by atoms with Gasteiger partial charge < -0.3 is 15.5 Å². The zero-order valence-electron chi connectivity index (χ0n) is 7.24. The van der Waals surface area contributed by atoms with E-state index in [9.17, 15) is 4.79 Å². The molecule has 1 rings (SSSR count). The second kappa shape index (κ2) is 5.31. The van der Waals surface area contributed by atoms with Gasteiger partial charge in [-0.2, -0.15) is 0 Å². The summed E-state index contributed by atoms with van der Waals surface area (Å²) in [5.41, 5.74) is 0. The predicted octanol–water partition coefficient (Wildman–Crippen LogP) is 0.484. The van der Waals surface area contributed by atoms with Crippen molar-refractivity contribution in [2.45, 2.75) is 6.04 Å². The first-order valence-corrected chi connectivity index (χ1v) is 5.14. The predicted molar refractivity (Wildman–Crippen MR) is 54.8 cm³/mol. The third kappa shape index (κ3) is 2.95. The van der Waals surface area contributed by atoms with Gasteiger partial charge in [-0.15, -0.1) is 11.3 Å². The van der Waals surface area contributed by atoms with E-state index in [4.69, 9.17) is 21.8 Å². The van der Waals surface area contributed by atoms with Crippen LogP contribution in [0.5, 0.6) is 0 Å². The van der Waals surface area contributed by atoms with Crippen molar-refractivity contribution < 1.29 is 15.0 Å². The van der Waals surface area contributed by atoms with Crippen molar-refractivity contribution in [1.29, 1.82) is 0 Å².